The lowest BCUT2D eigenvalue weighted by Crippen LogP contribution is -2.32. The minimum absolute atomic E-state index is 0.225. The molecule has 9 heteroatoms. The van der Waals surface area contributed by atoms with Crippen molar-refractivity contribution in [1.29, 1.82) is 0 Å². The van der Waals surface area contributed by atoms with Crippen LogP contribution in [0.3, 0.4) is 0 Å². The van der Waals surface area contributed by atoms with Gasteiger partial charge in [-0.05, 0) is 28.7 Å². The smallest absolute Gasteiger partial charge is 0.414 e. The normalized spacial score (nSPS) is 15.8. The molecule has 1 atom stereocenters. The maximum atomic E-state index is 13.0. The van der Waals surface area contributed by atoms with Crippen LogP contribution in [0.1, 0.15) is 5.69 Å². The van der Waals surface area contributed by atoms with Crippen LogP contribution in [0.15, 0.2) is 48.8 Å². The Balaban J connectivity index is 1.36. The number of imidazole rings is 1. The number of pyridine rings is 1. The number of hydrogen-bond donors (Lipinski definition) is 0. The van der Waals surface area contributed by atoms with E-state index in [9.17, 15) is 14.5 Å². The molecule has 138 valence electrons. The molecule has 0 fully saturated rings. The van der Waals surface area contributed by atoms with Crippen molar-refractivity contribution in [3.63, 3.8) is 0 Å². The minimum Gasteiger partial charge on any atom is -0.443 e. The van der Waals surface area contributed by atoms with Gasteiger partial charge in [0.05, 0.1) is 18.8 Å². The molecule has 1 aliphatic rings. The average molecular weight is 370 g/mol. The first-order valence-corrected chi connectivity index (χ1v) is 8.25. The highest BCUT2D eigenvalue weighted by molar-refractivity contribution is 5.62. The van der Waals surface area contributed by atoms with Crippen molar-refractivity contribution in [3.8, 4) is 17.1 Å². The quantitative estimate of drug-likeness (QED) is 0.506. The number of nitro groups is 1. The van der Waals surface area contributed by atoms with Crippen LogP contribution in [-0.2, 0) is 17.9 Å². The van der Waals surface area contributed by atoms with E-state index < -0.39 is 4.92 Å². The van der Waals surface area contributed by atoms with Gasteiger partial charge in [0.25, 0.3) is 0 Å². The molecular weight excluding hydrogens is 355 g/mol. The van der Waals surface area contributed by atoms with Gasteiger partial charge in [0, 0.05) is 16.7 Å². The highest BCUT2D eigenvalue weighted by atomic mass is 19.1. The van der Waals surface area contributed by atoms with Crippen molar-refractivity contribution in [2.75, 3.05) is 6.61 Å². The Morgan fingerprint density at radius 2 is 2.04 bits per heavy atom. The van der Waals surface area contributed by atoms with Gasteiger partial charge in [-0.2, -0.15) is 0 Å². The minimum atomic E-state index is -0.558. The Kier molecular flexibility index (Phi) is 4.51. The number of hydrogen-bond acceptors (Lipinski definition) is 6. The van der Waals surface area contributed by atoms with E-state index in [0.717, 1.165) is 16.8 Å². The Labute approximate surface area is 153 Å². The fourth-order valence-corrected chi connectivity index (χ4v) is 2.79. The fourth-order valence-electron chi connectivity index (χ4n) is 2.79. The summed E-state index contributed by atoms with van der Waals surface area (Å²) in [6.45, 7) is 0.968. The summed E-state index contributed by atoms with van der Waals surface area (Å²) < 4.78 is 25.8. The van der Waals surface area contributed by atoms with Crippen molar-refractivity contribution in [3.05, 3.63) is 70.4 Å². The lowest BCUT2D eigenvalue weighted by atomic mass is 10.1. The van der Waals surface area contributed by atoms with Crippen LogP contribution in [0.5, 0.6) is 6.01 Å². The third kappa shape index (κ3) is 3.77. The molecule has 27 heavy (non-hydrogen) atoms. The Morgan fingerprint density at radius 1 is 1.26 bits per heavy atom. The number of fused-ring (bicyclic) bond motifs is 1. The van der Waals surface area contributed by atoms with E-state index in [2.05, 4.69) is 9.97 Å². The van der Waals surface area contributed by atoms with E-state index in [1.807, 2.05) is 12.1 Å². The van der Waals surface area contributed by atoms with E-state index in [1.54, 1.807) is 22.9 Å². The van der Waals surface area contributed by atoms with E-state index >= 15 is 0 Å². The molecule has 0 spiro atoms. The van der Waals surface area contributed by atoms with Crippen LogP contribution in [0.25, 0.3) is 11.1 Å². The summed E-state index contributed by atoms with van der Waals surface area (Å²) in [5.74, 6) is -0.526. The second-order valence-corrected chi connectivity index (χ2v) is 6.08. The standard InChI is InChI=1S/C18H15FN4O4/c19-14-4-1-12(2-5-14)13-3-6-15(20-7-13)10-26-16-8-22-9-17(23(24)25)21-18(22)27-11-16/h1-7,9,16H,8,10-11H2/t16-/m1/s1. The van der Waals surface area contributed by atoms with Gasteiger partial charge >= 0.3 is 11.8 Å². The van der Waals surface area contributed by atoms with Crippen molar-refractivity contribution >= 4 is 5.82 Å². The maximum absolute atomic E-state index is 13.0. The first-order chi connectivity index (χ1) is 13.1. The summed E-state index contributed by atoms with van der Waals surface area (Å²) in [5.41, 5.74) is 2.50. The zero-order valence-corrected chi connectivity index (χ0v) is 14.1. The molecule has 3 aromatic rings. The average Bonchev–Trinajstić information content (AvgIpc) is 3.11. The third-order valence-corrected chi connectivity index (χ3v) is 4.18. The summed E-state index contributed by atoms with van der Waals surface area (Å²) in [5, 5.41) is 10.8. The van der Waals surface area contributed by atoms with Crippen molar-refractivity contribution in [2.45, 2.75) is 19.3 Å². The summed E-state index contributed by atoms with van der Waals surface area (Å²) in [4.78, 5) is 18.4. The molecule has 0 amide bonds. The number of nitrogens with zero attached hydrogens (tertiary/aromatic N) is 4. The van der Waals surface area contributed by atoms with Gasteiger partial charge in [-0.3, -0.25) is 9.55 Å². The topological polar surface area (TPSA) is 92.3 Å². The van der Waals surface area contributed by atoms with Crippen LogP contribution in [0.4, 0.5) is 10.2 Å². The van der Waals surface area contributed by atoms with Crippen LogP contribution in [-0.4, -0.2) is 32.2 Å². The molecule has 2 aromatic heterocycles. The third-order valence-electron chi connectivity index (χ3n) is 4.18. The van der Waals surface area contributed by atoms with Crippen molar-refractivity contribution in [1.82, 2.24) is 14.5 Å². The van der Waals surface area contributed by atoms with Crippen LogP contribution < -0.4 is 4.74 Å². The lowest BCUT2D eigenvalue weighted by molar-refractivity contribution is -0.389. The predicted molar refractivity (Wildman–Crippen MR) is 92.6 cm³/mol. The molecule has 0 bridgehead atoms. The largest absolute Gasteiger partial charge is 0.443 e. The number of rotatable bonds is 5. The second-order valence-electron chi connectivity index (χ2n) is 6.08. The zero-order valence-electron chi connectivity index (χ0n) is 14.1. The van der Waals surface area contributed by atoms with Gasteiger partial charge in [0.15, 0.2) is 0 Å². The molecule has 0 saturated carbocycles. The Bertz CT molecular complexity index is 956. The van der Waals surface area contributed by atoms with Gasteiger partial charge in [0.2, 0.25) is 0 Å². The van der Waals surface area contributed by atoms with Crippen molar-refractivity contribution in [2.24, 2.45) is 0 Å². The first kappa shape index (κ1) is 17.1. The van der Waals surface area contributed by atoms with Gasteiger partial charge in [-0.15, -0.1) is 0 Å². The second kappa shape index (κ2) is 7.12. The molecule has 0 aliphatic carbocycles. The summed E-state index contributed by atoms with van der Waals surface area (Å²) in [6.07, 6.45) is 2.78. The molecule has 8 nitrogen and oxygen atoms in total. The van der Waals surface area contributed by atoms with E-state index in [4.69, 9.17) is 9.47 Å². The Morgan fingerprint density at radius 3 is 2.74 bits per heavy atom. The predicted octanol–water partition coefficient (Wildman–Crippen LogP) is 2.97. The summed E-state index contributed by atoms with van der Waals surface area (Å²) in [6, 6.07) is 10.2. The fraction of sp³-hybridized carbons (Fsp3) is 0.222. The maximum Gasteiger partial charge on any atom is 0.414 e. The molecule has 0 N–H and O–H groups in total. The molecule has 4 rings (SSSR count). The molecule has 3 heterocycles. The molecule has 1 aliphatic heterocycles. The molecule has 0 saturated heterocycles. The lowest BCUT2D eigenvalue weighted by Gasteiger charge is -2.22. The van der Waals surface area contributed by atoms with E-state index in [1.165, 1.54) is 18.3 Å². The van der Waals surface area contributed by atoms with Crippen LogP contribution in [0, 0.1) is 15.9 Å². The van der Waals surface area contributed by atoms with Crippen LogP contribution >= 0.6 is 0 Å². The first-order valence-electron chi connectivity index (χ1n) is 8.25. The zero-order chi connectivity index (χ0) is 18.8. The van der Waals surface area contributed by atoms with E-state index in [-0.39, 0.29) is 37.0 Å². The SMILES string of the molecule is O=[N+]([O-])c1cn2c(n1)OC[C@H](OCc1ccc(-c3ccc(F)cc3)cn1)C2. The summed E-state index contributed by atoms with van der Waals surface area (Å²) in [7, 11) is 0. The highest BCUT2D eigenvalue weighted by Crippen LogP contribution is 2.23. The van der Waals surface area contributed by atoms with Gasteiger partial charge < -0.3 is 19.6 Å². The molecule has 1 aromatic carbocycles. The number of halogens is 1. The Hall–Kier alpha value is -3.33. The summed E-state index contributed by atoms with van der Waals surface area (Å²) >= 11 is 0. The highest BCUT2D eigenvalue weighted by Gasteiger charge is 2.28. The molecule has 0 radical (unpaired) electrons. The molecular formula is C18H15FN4O4. The number of aromatic nitrogens is 3. The van der Waals surface area contributed by atoms with Gasteiger partial charge in [0.1, 0.15) is 24.7 Å². The van der Waals surface area contributed by atoms with E-state index in [0.29, 0.717) is 6.54 Å². The van der Waals surface area contributed by atoms with Gasteiger partial charge in [-0.25, -0.2) is 4.39 Å². The number of ether oxygens (including phenoxy) is 2. The van der Waals surface area contributed by atoms with Crippen LogP contribution in [0.2, 0.25) is 0 Å². The molecule has 0 unspecified atom stereocenters. The van der Waals surface area contributed by atoms with Crippen molar-refractivity contribution < 1.29 is 18.8 Å². The number of benzene rings is 1. The monoisotopic (exact) mass is 370 g/mol. The van der Waals surface area contributed by atoms with Gasteiger partial charge in [-0.1, -0.05) is 18.2 Å².